The number of hydrogen-bond acceptors (Lipinski definition) is 3. The van der Waals surface area contributed by atoms with Crippen molar-refractivity contribution in [3.8, 4) is 0 Å². The lowest BCUT2D eigenvalue weighted by atomic mass is 10.1. The van der Waals surface area contributed by atoms with Gasteiger partial charge < -0.3 is 5.32 Å². The summed E-state index contributed by atoms with van der Waals surface area (Å²) in [5, 5.41) is 3.02. The lowest BCUT2D eigenvalue weighted by Gasteiger charge is -2.32. The Morgan fingerprint density at radius 1 is 1.04 bits per heavy atom. The van der Waals surface area contributed by atoms with E-state index in [4.69, 9.17) is 0 Å². The van der Waals surface area contributed by atoms with Crippen LogP contribution in [0.1, 0.15) is 62.2 Å². The molecule has 0 bridgehead atoms. The number of carbonyl (C=O) groups is 1. The lowest BCUT2D eigenvalue weighted by molar-refractivity contribution is 0.0937. The zero-order valence-electron chi connectivity index (χ0n) is 14.2. The summed E-state index contributed by atoms with van der Waals surface area (Å²) >= 11 is 0. The van der Waals surface area contributed by atoms with E-state index >= 15 is 0 Å². The molecule has 24 heavy (non-hydrogen) atoms. The van der Waals surface area contributed by atoms with Gasteiger partial charge in [-0.3, -0.25) is 4.79 Å². The maximum absolute atomic E-state index is 12.8. The quantitative estimate of drug-likeness (QED) is 0.908. The number of nitrogens with one attached hydrogen (secondary N) is 1. The van der Waals surface area contributed by atoms with E-state index in [-0.39, 0.29) is 22.9 Å². The molecule has 5 nitrogen and oxygen atoms in total. The Labute approximate surface area is 144 Å². The lowest BCUT2D eigenvalue weighted by Crippen LogP contribution is -2.41. The Hall–Kier alpha value is -1.40. The van der Waals surface area contributed by atoms with E-state index in [2.05, 4.69) is 5.32 Å². The van der Waals surface area contributed by atoms with Gasteiger partial charge in [-0.1, -0.05) is 19.3 Å². The maximum atomic E-state index is 12.8. The van der Waals surface area contributed by atoms with Crippen molar-refractivity contribution in [2.45, 2.75) is 68.8 Å². The molecule has 1 aromatic rings. The average Bonchev–Trinajstić information content (AvgIpc) is 3.08. The Kier molecular flexibility index (Phi) is 5.25. The molecule has 1 atom stereocenters. The number of carbonyl (C=O) groups excluding carboxylic acids is 1. The first-order valence-corrected chi connectivity index (χ1v) is 10.4. The van der Waals surface area contributed by atoms with Crippen molar-refractivity contribution in [2.75, 3.05) is 6.54 Å². The van der Waals surface area contributed by atoms with Crippen LogP contribution >= 0.6 is 0 Å². The highest BCUT2D eigenvalue weighted by molar-refractivity contribution is 7.89. The van der Waals surface area contributed by atoms with Gasteiger partial charge in [0.25, 0.3) is 5.91 Å². The smallest absolute Gasteiger partial charge is 0.251 e. The van der Waals surface area contributed by atoms with E-state index in [9.17, 15) is 13.2 Å². The van der Waals surface area contributed by atoms with E-state index in [1.807, 2.05) is 6.92 Å². The first-order chi connectivity index (χ1) is 11.5. The van der Waals surface area contributed by atoms with Crippen molar-refractivity contribution in [2.24, 2.45) is 0 Å². The largest absolute Gasteiger partial charge is 0.349 e. The van der Waals surface area contributed by atoms with Gasteiger partial charge in [0.05, 0.1) is 4.90 Å². The molecular formula is C18H26N2O3S. The molecule has 6 heteroatoms. The summed E-state index contributed by atoms with van der Waals surface area (Å²) in [4.78, 5) is 12.5. The van der Waals surface area contributed by atoms with Crippen molar-refractivity contribution in [1.29, 1.82) is 0 Å². The zero-order chi connectivity index (χ0) is 17.2. The summed E-state index contributed by atoms with van der Waals surface area (Å²) < 4.78 is 27.2. The third-order valence-corrected chi connectivity index (χ3v) is 7.18. The van der Waals surface area contributed by atoms with Crippen LogP contribution in [0, 0.1) is 0 Å². The van der Waals surface area contributed by atoms with Gasteiger partial charge in [-0.2, -0.15) is 4.31 Å². The Morgan fingerprint density at radius 2 is 1.67 bits per heavy atom. The van der Waals surface area contributed by atoms with Crippen LogP contribution in [0.5, 0.6) is 0 Å². The Morgan fingerprint density at radius 3 is 2.29 bits per heavy atom. The molecule has 0 aromatic heterocycles. The summed E-state index contributed by atoms with van der Waals surface area (Å²) in [5.74, 6) is -0.114. The molecule has 1 aromatic carbocycles. The fraction of sp³-hybridized carbons (Fsp3) is 0.611. The van der Waals surface area contributed by atoms with Gasteiger partial charge >= 0.3 is 0 Å². The number of rotatable bonds is 4. The summed E-state index contributed by atoms with van der Waals surface area (Å²) in [5.41, 5.74) is 0.521. The second-order valence-corrected chi connectivity index (χ2v) is 8.83. The van der Waals surface area contributed by atoms with Crippen molar-refractivity contribution in [3.63, 3.8) is 0 Å². The third-order valence-electron chi connectivity index (χ3n) is 5.16. The van der Waals surface area contributed by atoms with Crippen molar-refractivity contribution >= 4 is 15.9 Å². The number of piperidine rings is 1. The Bertz CT molecular complexity index is 679. The van der Waals surface area contributed by atoms with E-state index in [1.165, 1.54) is 0 Å². The predicted molar refractivity (Wildman–Crippen MR) is 93.4 cm³/mol. The Balaban J connectivity index is 1.72. The second-order valence-electron chi connectivity index (χ2n) is 6.94. The van der Waals surface area contributed by atoms with Gasteiger partial charge in [0.15, 0.2) is 0 Å². The molecule has 0 spiro atoms. The SMILES string of the molecule is C[C@H]1CCCCN1S(=O)(=O)c1ccc(C(=O)NC2CCCC2)cc1. The number of benzene rings is 1. The predicted octanol–water partition coefficient (Wildman–Crippen LogP) is 2.92. The molecule has 0 unspecified atom stereocenters. The number of sulfonamides is 1. The monoisotopic (exact) mass is 350 g/mol. The standard InChI is InChI=1S/C18H26N2O3S/c1-14-6-4-5-13-20(14)24(22,23)17-11-9-15(10-12-17)18(21)19-16-7-2-3-8-16/h9-12,14,16H,2-8,13H2,1H3,(H,19,21)/t14-/m0/s1. The molecule has 3 rings (SSSR count). The summed E-state index contributed by atoms with van der Waals surface area (Å²) in [6, 6.07) is 6.64. The average molecular weight is 350 g/mol. The van der Waals surface area contributed by atoms with Crippen LogP contribution in [-0.2, 0) is 10.0 Å². The summed E-state index contributed by atoms with van der Waals surface area (Å²) in [6.45, 7) is 2.54. The maximum Gasteiger partial charge on any atom is 0.251 e. The fourth-order valence-electron chi connectivity index (χ4n) is 3.68. The van der Waals surface area contributed by atoms with Crippen LogP contribution in [0.4, 0.5) is 0 Å². The van der Waals surface area contributed by atoms with Crippen LogP contribution < -0.4 is 5.32 Å². The molecule has 2 aliphatic rings. The highest BCUT2D eigenvalue weighted by Gasteiger charge is 2.31. The second kappa shape index (κ2) is 7.23. The summed E-state index contributed by atoms with van der Waals surface area (Å²) in [7, 11) is -3.47. The van der Waals surface area contributed by atoms with Crippen LogP contribution in [0.25, 0.3) is 0 Å². The number of amides is 1. The third kappa shape index (κ3) is 3.64. The summed E-state index contributed by atoms with van der Waals surface area (Å²) in [6.07, 6.45) is 7.28. The van der Waals surface area contributed by atoms with Gasteiger partial charge in [0.1, 0.15) is 0 Å². The molecule has 1 aliphatic heterocycles. The molecule has 132 valence electrons. The molecule has 1 saturated carbocycles. The van der Waals surface area contributed by atoms with Crippen LogP contribution in [0.2, 0.25) is 0 Å². The molecule has 1 amide bonds. The van der Waals surface area contributed by atoms with Gasteiger partial charge in [-0.15, -0.1) is 0 Å². The molecule has 1 saturated heterocycles. The van der Waals surface area contributed by atoms with Crippen LogP contribution in [0.3, 0.4) is 0 Å². The molecule has 1 aliphatic carbocycles. The number of hydrogen-bond donors (Lipinski definition) is 1. The van der Waals surface area contributed by atoms with Gasteiger partial charge in [-0.25, -0.2) is 8.42 Å². The minimum absolute atomic E-state index is 0.0362. The van der Waals surface area contributed by atoms with E-state index < -0.39 is 10.0 Å². The topological polar surface area (TPSA) is 66.5 Å². The minimum Gasteiger partial charge on any atom is -0.349 e. The van der Waals surface area contributed by atoms with Crippen LogP contribution in [-0.4, -0.2) is 37.3 Å². The van der Waals surface area contributed by atoms with E-state index in [0.717, 1.165) is 44.9 Å². The van der Waals surface area contributed by atoms with Crippen molar-refractivity contribution in [3.05, 3.63) is 29.8 Å². The van der Waals surface area contributed by atoms with E-state index in [0.29, 0.717) is 12.1 Å². The first-order valence-electron chi connectivity index (χ1n) is 8.91. The molecule has 2 fully saturated rings. The molecule has 1 N–H and O–H groups in total. The molecule has 0 radical (unpaired) electrons. The van der Waals surface area contributed by atoms with Crippen molar-refractivity contribution < 1.29 is 13.2 Å². The van der Waals surface area contributed by atoms with Gasteiger partial charge in [0.2, 0.25) is 10.0 Å². The highest BCUT2D eigenvalue weighted by atomic mass is 32.2. The fourth-order valence-corrected chi connectivity index (χ4v) is 5.38. The first kappa shape index (κ1) is 17.4. The van der Waals surface area contributed by atoms with Gasteiger partial charge in [0, 0.05) is 24.2 Å². The number of nitrogens with zero attached hydrogens (tertiary/aromatic N) is 1. The normalized spacial score (nSPS) is 23.3. The molecular weight excluding hydrogens is 324 g/mol. The van der Waals surface area contributed by atoms with Crippen LogP contribution in [0.15, 0.2) is 29.2 Å². The van der Waals surface area contributed by atoms with Gasteiger partial charge in [-0.05, 0) is 56.9 Å². The molecule has 1 heterocycles. The highest BCUT2D eigenvalue weighted by Crippen LogP contribution is 2.25. The minimum atomic E-state index is -3.47. The zero-order valence-corrected chi connectivity index (χ0v) is 15.0. The van der Waals surface area contributed by atoms with Crippen molar-refractivity contribution in [1.82, 2.24) is 9.62 Å². The van der Waals surface area contributed by atoms with E-state index in [1.54, 1.807) is 28.6 Å².